The Morgan fingerprint density at radius 3 is 2.33 bits per heavy atom. The van der Waals surface area contributed by atoms with E-state index in [9.17, 15) is 14.4 Å². The Balaban J connectivity index is 1.59. The van der Waals surface area contributed by atoms with Crippen molar-refractivity contribution in [3.05, 3.63) is 88.9 Å². The largest absolute Gasteiger partial charge is 0.490 e. The molecule has 3 N–H and O–H groups in total. The fraction of sp³-hybridized carbons (Fsp3) is 0.241. The summed E-state index contributed by atoms with van der Waals surface area (Å²) in [6.07, 6.45) is 1.45. The zero-order chi connectivity index (χ0) is 28.2. The van der Waals surface area contributed by atoms with Gasteiger partial charge < -0.3 is 20.1 Å². The van der Waals surface area contributed by atoms with E-state index in [1.165, 1.54) is 6.21 Å². The van der Waals surface area contributed by atoms with E-state index in [0.717, 1.165) is 0 Å². The van der Waals surface area contributed by atoms with Gasteiger partial charge in [0.25, 0.3) is 17.7 Å². The van der Waals surface area contributed by atoms with E-state index in [1.807, 2.05) is 39.0 Å². The summed E-state index contributed by atoms with van der Waals surface area (Å²) in [5.74, 6) is -0.519. The Hall–Kier alpha value is -4.37. The van der Waals surface area contributed by atoms with Crippen LogP contribution in [0.25, 0.3) is 0 Å². The SMILES string of the molecule is CCOc1cc(/C=N\NC(=O)C(NC(=O)c2ccc(Cl)cc2)C(C)C)ccc1OCC(=O)Nc1ccccc1. The number of hydrogen-bond acceptors (Lipinski definition) is 6. The number of para-hydroxylation sites is 1. The lowest BCUT2D eigenvalue weighted by atomic mass is 10.0. The molecule has 0 aliphatic carbocycles. The van der Waals surface area contributed by atoms with Crippen molar-refractivity contribution < 1.29 is 23.9 Å². The first kappa shape index (κ1) is 29.2. The first-order valence-electron chi connectivity index (χ1n) is 12.4. The summed E-state index contributed by atoms with van der Waals surface area (Å²) in [6.45, 7) is 5.66. The average Bonchev–Trinajstić information content (AvgIpc) is 2.92. The number of ether oxygens (including phenoxy) is 2. The fourth-order valence-corrected chi connectivity index (χ4v) is 3.58. The van der Waals surface area contributed by atoms with Gasteiger partial charge >= 0.3 is 0 Å². The summed E-state index contributed by atoms with van der Waals surface area (Å²) in [5, 5.41) is 10.0. The number of hydrazone groups is 1. The number of anilines is 1. The number of benzene rings is 3. The van der Waals surface area contributed by atoms with Crippen molar-refractivity contribution >= 4 is 41.2 Å². The third-order valence-corrected chi connectivity index (χ3v) is 5.67. The van der Waals surface area contributed by atoms with Crippen LogP contribution in [0.2, 0.25) is 5.02 Å². The van der Waals surface area contributed by atoms with Crippen LogP contribution in [0.4, 0.5) is 5.69 Å². The molecule has 1 unspecified atom stereocenters. The standard InChI is InChI=1S/C29H31ClN4O5/c1-4-38-25-16-20(10-15-24(25)39-18-26(35)32-23-8-6-5-7-9-23)17-31-34-29(37)27(19(2)3)33-28(36)21-11-13-22(30)14-12-21/h5-17,19,27H,4,18H2,1-3H3,(H,32,35)(H,33,36)(H,34,37)/b31-17-. The van der Waals surface area contributed by atoms with Crippen molar-refractivity contribution in [2.24, 2.45) is 11.0 Å². The second kappa shape index (κ2) is 14.5. The average molecular weight is 551 g/mol. The molecule has 0 aliphatic rings. The van der Waals surface area contributed by atoms with Crippen LogP contribution in [-0.4, -0.2) is 43.2 Å². The van der Waals surface area contributed by atoms with E-state index < -0.39 is 11.9 Å². The van der Waals surface area contributed by atoms with Crippen molar-refractivity contribution in [2.45, 2.75) is 26.8 Å². The molecule has 3 amide bonds. The van der Waals surface area contributed by atoms with Crippen LogP contribution in [0.15, 0.2) is 77.9 Å². The zero-order valence-corrected chi connectivity index (χ0v) is 22.7. The smallest absolute Gasteiger partial charge is 0.262 e. The van der Waals surface area contributed by atoms with Gasteiger partial charge in [0.2, 0.25) is 0 Å². The van der Waals surface area contributed by atoms with E-state index in [2.05, 4.69) is 21.2 Å². The first-order chi connectivity index (χ1) is 18.8. The highest BCUT2D eigenvalue weighted by Gasteiger charge is 2.24. The molecule has 0 radical (unpaired) electrons. The van der Waals surface area contributed by atoms with E-state index in [1.54, 1.807) is 54.6 Å². The molecule has 3 aromatic rings. The van der Waals surface area contributed by atoms with Crippen molar-refractivity contribution in [2.75, 3.05) is 18.5 Å². The predicted molar refractivity (Wildman–Crippen MR) is 151 cm³/mol. The monoisotopic (exact) mass is 550 g/mol. The van der Waals surface area contributed by atoms with Gasteiger partial charge in [-0.2, -0.15) is 5.10 Å². The molecule has 0 aromatic heterocycles. The minimum atomic E-state index is -0.804. The van der Waals surface area contributed by atoms with Crippen molar-refractivity contribution in [1.82, 2.24) is 10.7 Å². The molecule has 3 rings (SSSR count). The van der Waals surface area contributed by atoms with Crippen LogP contribution in [0.5, 0.6) is 11.5 Å². The number of rotatable bonds is 12. The topological polar surface area (TPSA) is 118 Å². The molecule has 0 saturated carbocycles. The van der Waals surface area contributed by atoms with Gasteiger partial charge in [-0.05, 0) is 73.0 Å². The molecule has 1 atom stereocenters. The van der Waals surface area contributed by atoms with E-state index >= 15 is 0 Å². The van der Waals surface area contributed by atoms with Gasteiger partial charge in [0.1, 0.15) is 6.04 Å². The molecular weight excluding hydrogens is 520 g/mol. The molecule has 0 bridgehead atoms. The summed E-state index contributed by atoms with van der Waals surface area (Å²) in [6, 6.07) is 19.7. The molecule has 3 aromatic carbocycles. The van der Waals surface area contributed by atoms with E-state index in [4.69, 9.17) is 21.1 Å². The number of hydrogen-bond donors (Lipinski definition) is 3. The van der Waals surface area contributed by atoms with Crippen LogP contribution in [0.1, 0.15) is 36.7 Å². The maximum atomic E-state index is 12.8. The maximum Gasteiger partial charge on any atom is 0.262 e. The molecule has 0 heterocycles. The highest BCUT2D eigenvalue weighted by Crippen LogP contribution is 2.28. The van der Waals surface area contributed by atoms with Crippen LogP contribution in [-0.2, 0) is 9.59 Å². The number of carbonyl (C=O) groups is 3. The Morgan fingerprint density at radius 2 is 1.67 bits per heavy atom. The van der Waals surface area contributed by atoms with Gasteiger partial charge in [-0.3, -0.25) is 14.4 Å². The molecule has 0 aliphatic heterocycles. The second-order valence-electron chi connectivity index (χ2n) is 8.78. The number of nitrogens with one attached hydrogen (secondary N) is 3. The predicted octanol–water partition coefficient (Wildman–Crippen LogP) is 4.66. The van der Waals surface area contributed by atoms with Crippen LogP contribution in [0, 0.1) is 5.92 Å². The third kappa shape index (κ3) is 9.15. The normalized spacial score (nSPS) is 11.6. The zero-order valence-electron chi connectivity index (χ0n) is 21.9. The third-order valence-electron chi connectivity index (χ3n) is 5.41. The molecule has 39 heavy (non-hydrogen) atoms. The van der Waals surface area contributed by atoms with Gasteiger partial charge in [-0.25, -0.2) is 5.43 Å². The Bertz CT molecular complexity index is 1300. The quantitative estimate of drug-likeness (QED) is 0.224. The summed E-state index contributed by atoms with van der Waals surface area (Å²) < 4.78 is 11.3. The molecule has 0 fully saturated rings. The maximum absolute atomic E-state index is 12.8. The second-order valence-corrected chi connectivity index (χ2v) is 9.21. The number of amides is 3. The van der Waals surface area contributed by atoms with Crippen molar-refractivity contribution in [1.29, 1.82) is 0 Å². The van der Waals surface area contributed by atoms with Gasteiger partial charge in [-0.1, -0.05) is 43.6 Å². The summed E-state index contributed by atoms with van der Waals surface area (Å²) in [4.78, 5) is 37.5. The first-order valence-corrected chi connectivity index (χ1v) is 12.8. The lowest BCUT2D eigenvalue weighted by Crippen LogP contribution is -2.48. The van der Waals surface area contributed by atoms with Gasteiger partial charge in [0.05, 0.1) is 12.8 Å². The molecule has 204 valence electrons. The minimum Gasteiger partial charge on any atom is -0.490 e. The highest BCUT2D eigenvalue weighted by molar-refractivity contribution is 6.30. The summed E-state index contributed by atoms with van der Waals surface area (Å²) >= 11 is 5.88. The van der Waals surface area contributed by atoms with Crippen LogP contribution < -0.4 is 25.5 Å². The Kier molecular flexibility index (Phi) is 10.9. The fourth-order valence-electron chi connectivity index (χ4n) is 3.46. The van der Waals surface area contributed by atoms with Crippen LogP contribution >= 0.6 is 11.6 Å². The highest BCUT2D eigenvalue weighted by atomic mass is 35.5. The van der Waals surface area contributed by atoms with E-state index in [0.29, 0.717) is 39.9 Å². The number of halogens is 1. The number of carbonyl (C=O) groups excluding carboxylic acids is 3. The van der Waals surface area contributed by atoms with Crippen LogP contribution in [0.3, 0.4) is 0 Å². The molecule has 9 nitrogen and oxygen atoms in total. The molecule has 0 spiro atoms. The number of nitrogens with zero attached hydrogens (tertiary/aromatic N) is 1. The molecule has 0 saturated heterocycles. The molecule has 10 heteroatoms. The lowest BCUT2D eigenvalue weighted by molar-refractivity contribution is -0.124. The van der Waals surface area contributed by atoms with Crippen molar-refractivity contribution in [3.63, 3.8) is 0 Å². The van der Waals surface area contributed by atoms with Crippen molar-refractivity contribution in [3.8, 4) is 11.5 Å². The molecular formula is C29H31ClN4O5. The summed E-state index contributed by atoms with van der Waals surface area (Å²) in [7, 11) is 0. The van der Waals surface area contributed by atoms with E-state index in [-0.39, 0.29) is 24.3 Å². The van der Waals surface area contributed by atoms with Gasteiger partial charge in [0, 0.05) is 16.3 Å². The lowest BCUT2D eigenvalue weighted by Gasteiger charge is -2.20. The minimum absolute atomic E-state index is 0.184. The summed E-state index contributed by atoms with van der Waals surface area (Å²) in [5.41, 5.74) is 4.18. The van der Waals surface area contributed by atoms with Gasteiger partial charge in [-0.15, -0.1) is 0 Å². The Morgan fingerprint density at radius 1 is 0.949 bits per heavy atom. The van der Waals surface area contributed by atoms with Gasteiger partial charge in [0.15, 0.2) is 18.1 Å². The Labute approximate surface area is 232 Å².